The van der Waals surface area contributed by atoms with Crippen LogP contribution in [-0.4, -0.2) is 43.6 Å². The molecule has 1 aromatic carbocycles. The van der Waals surface area contributed by atoms with Crippen molar-refractivity contribution in [1.29, 1.82) is 0 Å². The molecule has 3 aromatic heterocycles. The molecule has 7 nitrogen and oxygen atoms in total. The summed E-state index contributed by atoms with van der Waals surface area (Å²) in [6.45, 7) is 9.86. The molecular weight excluding hydrogens is 466 g/mol. The molecule has 188 valence electrons. The lowest BCUT2D eigenvalue weighted by Crippen LogP contribution is -2.36. The van der Waals surface area contributed by atoms with Gasteiger partial charge in [-0.3, -0.25) is 4.79 Å². The van der Waals surface area contributed by atoms with Crippen molar-refractivity contribution in [1.82, 2.24) is 18.9 Å². The summed E-state index contributed by atoms with van der Waals surface area (Å²) in [4.78, 5) is 31.7. The van der Waals surface area contributed by atoms with Crippen LogP contribution in [0, 0.1) is 24.5 Å². The topological polar surface area (TPSA) is 68.8 Å². The molecule has 1 amide bonds. The zero-order valence-corrected chi connectivity index (χ0v) is 20.9. The molecule has 0 spiro atoms. The molecule has 2 atom stereocenters. The maximum absolute atomic E-state index is 15.4. The summed E-state index contributed by atoms with van der Waals surface area (Å²) in [5.41, 5.74) is 0.707. The highest BCUT2D eigenvalue weighted by molar-refractivity contribution is 5.87. The van der Waals surface area contributed by atoms with Gasteiger partial charge in [-0.25, -0.2) is 18.6 Å². The molecule has 4 heterocycles. The standard InChI is InChI=1S/C27H28F2N4O3/c1-15-11-32(26(35)36-27(3,4)5)14-22(15)33-7-6-17-8-18(9-20(28)23(17)25(33)34)19-10-21(29)24-30-16(2)12-31(24)13-19/h6-10,12-13,15,22H,11,14H2,1-5H3/t15-,22+/m0/s1. The maximum Gasteiger partial charge on any atom is 0.410 e. The van der Waals surface area contributed by atoms with Crippen molar-refractivity contribution in [3.8, 4) is 11.1 Å². The van der Waals surface area contributed by atoms with E-state index in [0.717, 1.165) is 0 Å². The Morgan fingerprint density at radius 3 is 2.53 bits per heavy atom. The fraction of sp³-hybridized carbons (Fsp3) is 0.370. The van der Waals surface area contributed by atoms with E-state index in [1.165, 1.54) is 16.7 Å². The van der Waals surface area contributed by atoms with Crippen molar-refractivity contribution in [2.75, 3.05) is 13.1 Å². The van der Waals surface area contributed by atoms with Gasteiger partial charge in [0.1, 0.15) is 11.4 Å². The van der Waals surface area contributed by atoms with Crippen LogP contribution >= 0.6 is 0 Å². The predicted octanol–water partition coefficient (Wildman–Crippen LogP) is 5.33. The van der Waals surface area contributed by atoms with Gasteiger partial charge in [-0.1, -0.05) is 6.92 Å². The van der Waals surface area contributed by atoms with Gasteiger partial charge in [0.05, 0.1) is 17.1 Å². The van der Waals surface area contributed by atoms with Gasteiger partial charge in [0, 0.05) is 37.2 Å². The Balaban J connectivity index is 1.51. The number of rotatable bonds is 2. The fourth-order valence-corrected chi connectivity index (χ4v) is 4.89. The third kappa shape index (κ3) is 4.23. The Labute approximate surface area is 206 Å². The molecule has 36 heavy (non-hydrogen) atoms. The molecule has 4 aromatic rings. The van der Waals surface area contributed by atoms with E-state index < -0.39 is 28.9 Å². The van der Waals surface area contributed by atoms with Crippen molar-refractivity contribution in [3.05, 3.63) is 70.5 Å². The smallest absolute Gasteiger partial charge is 0.410 e. The van der Waals surface area contributed by atoms with Crippen LogP contribution in [-0.2, 0) is 4.74 Å². The van der Waals surface area contributed by atoms with Crippen LogP contribution in [0.1, 0.15) is 39.4 Å². The van der Waals surface area contributed by atoms with Crippen molar-refractivity contribution >= 4 is 22.5 Å². The Morgan fingerprint density at radius 2 is 1.81 bits per heavy atom. The minimum Gasteiger partial charge on any atom is -0.444 e. The number of ether oxygens (including phenoxy) is 1. The van der Waals surface area contributed by atoms with Gasteiger partial charge in [-0.2, -0.15) is 0 Å². The molecule has 9 heteroatoms. The van der Waals surface area contributed by atoms with Gasteiger partial charge < -0.3 is 18.6 Å². The second kappa shape index (κ2) is 8.43. The highest BCUT2D eigenvalue weighted by Crippen LogP contribution is 2.31. The van der Waals surface area contributed by atoms with Gasteiger partial charge in [0.15, 0.2) is 11.5 Å². The number of carbonyl (C=O) groups excluding carboxylic acids is 1. The number of benzene rings is 1. The van der Waals surface area contributed by atoms with Crippen LogP contribution in [0.3, 0.4) is 0 Å². The van der Waals surface area contributed by atoms with Crippen molar-refractivity contribution in [2.24, 2.45) is 5.92 Å². The Kier molecular flexibility index (Phi) is 5.61. The first-order chi connectivity index (χ1) is 16.9. The number of hydrogen-bond acceptors (Lipinski definition) is 4. The highest BCUT2D eigenvalue weighted by Gasteiger charge is 2.36. The summed E-state index contributed by atoms with van der Waals surface area (Å²) in [7, 11) is 0. The van der Waals surface area contributed by atoms with Crippen LogP contribution in [0.4, 0.5) is 13.6 Å². The third-order valence-corrected chi connectivity index (χ3v) is 6.53. The number of hydrogen-bond donors (Lipinski definition) is 0. The van der Waals surface area contributed by atoms with E-state index in [4.69, 9.17) is 4.74 Å². The number of aryl methyl sites for hydroxylation is 1. The average molecular weight is 495 g/mol. The van der Waals surface area contributed by atoms with Crippen LogP contribution in [0.15, 0.2) is 47.7 Å². The normalized spacial score (nSPS) is 18.4. The zero-order chi connectivity index (χ0) is 25.9. The predicted molar refractivity (Wildman–Crippen MR) is 133 cm³/mol. The number of likely N-dealkylation sites (tertiary alicyclic amines) is 1. The van der Waals surface area contributed by atoms with Crippen molar-refractivity contribution in [2.45, 2.75) is 46.3 Å². The number of carbonyl (C=O) groups is 1. The molecule has 0 radical (unpaired) electrons. The number of imidazole rings is 1. The second-order valence-corrected chi connectivity index (χ2v) is 10.6. The second-order valence-electron chi connectivity index (χ2n) is 10.6. The minimum atomic E-state index is -0.682. The molecule has 1 saturated heterocycles. The first-order valence-electron chi connectivity index (χ1n) is 11.9. The number of nitrogens with zero attached hydrogens (tertiary/aromatic N) is 4. The van der Waals surface area contributed by atoms with E-state index >= 15 is 4.39 Å². The monoisotopic (exact) mass is 494 g/mol. The number of amides is 1. The van der Waals surface area contributed by atoms with Gasteiger partial charge >= 0.3 is 6.09 Å². The zero-order valence-electron chi connectivity index (χ0n) is 20.9. The first-order valence-corrected chi connectivity index (χ1v) is 11.9. The molecule has 5 rings (SSSR count). The van der Waals surface area contributed by atoms with Crippen LogP contribution < -0.4 is 5.56 Å². The van der Waals surface area contributed by atoms with Gasteiger partial charge in [-0.05, 0) is 68.8 Å². The van der Waals surface area contributed by atoms with E-state index in [-0.39, 0.29) is 23.0 Å². The highest BCUT2D eigenvalue weighted by atomic mass is 19.1. The first kappa shape index (κ1) is 24.0. The van der Waals surface area contributed by atoms with E-state index in [1.807, 2.05) is 6.92 Å². The van der Waals surface area contributed by atoms with Gasteiger partial charge in [0.2, 0.25) is 0 Å². The van der Waals surface area contributed by atoms with Crippen molar-refractivity contribution in [3.63, 3.8) is 0 Å². The van der Waals surface area contributed by atoms with Gasteiger partial charge in [-0.15, -0.1) is 0 Å². The maximum atomic E-state index is 15.4. The quantitative estimate of drug-likeness (QED) is 0.378. The molecule has 1 aliphatic rings. The van der Waals surface area contributed by atoms with E-state index in [1.54, 1.807) is 67.7 Å². The summed E-state index contributed by atoms with van der Waals surface area (Å²) >= 11 is 0. The lowest BCUT2D eigenvalue weighted by Gasteiger charge is -2.24. The largest absolute Gasteiger partial charge is 0.444 e. The molecule has 1 fully saturated rings. The summed E-state index contributed by atoms with van der Waals surface area (Å²) in [6, 6.07) is 5.62. The Hall–Kier alpha value is -3.75. The minimum absolute atomic E-state index is 0.0247. The molecule has 0 aliphatic carbocycles. The SMILES string of the molecule is Cc1cn2cc(-c3cc(F)c4c(=O)n([C@@H]5CN(C(=O)OC(C)(C)C)C[C@@H]5C)ccc4c3)cc(F)c2n1. The van der Waals surface area contributed by atoms with Crippen LogP contribution in [0.5, 0.6) is 0 Å². The molecule has 1 aliphatic heterocycles. The number of pyridine rings is 2. The average Bonchev–Trinajstić information content (AvgIpc) is 3.35. The van der Waals surface area contributed by atoms with E-state index in [9.17, 15) is 14.0 Å². The van der Waals surface area contributed by atoms with Crippen LogP contribution in [0.25, 0.3) is 27.5 Å². The lowest BCUT2D eigenvalue weighted by molar-refractivity contribution is 0.0285. The molecule has 0 unspecified atom stereocenters. The lowest BCUT2D eigenvalue weighted by atomic mass is 10.0. The summed E-state index contributed by atoms with van der Waals surface area (Å²) in [5.74, 6) is -1.22. The summed E-state index contributed by atoms with van der Waals surface area (Å²) in [5, 5.41) is 0.382. The number of aromatic nitrogens is 3. The molecular formula is C27H28F2N4O3. The number of fused-ring (bicyclic) bond motifs is 2. The summed E-state index contributed by atoms with van der Waals surface area (Å²) < 4.78 is 38.5. The Morgan fingerprint density at radius 1 is 1.08 bits per heavy atom. The Bertz CT molecular complexity index is 1570. The fourth-order valence-electron chi connectivity index (χ4n) is 4.89. The molecule has 0 bridgehead atoms. The van der Waals surface area contributed by atoms with E-state index in [2.05, 4.69) is 4.98 Å². The summed E-state index contributed by atoms with van der Waals surface area (Å²) in [6.07, 6.45) is 4.59. The third-order valence-electron chi connectivity index (χ3n) is 6.53. The number of halogens is 2. The van der Waals surface area contributed by atoms with Crippen molar-refractivity contribution < 1.29 is 18.3 Å². The molecule has 0 saturated carbocycles. The van der Waals surface area contributed by atoms with E-state index in [0.29, 0.717) is 35.3 Å². The van der Waals surface area contributed by atoms with Gasteiger partial charge in [0.25, 0.3) is 5.56 Å². The molecule has 0 N–H and O–H groups in total. The van der Waals surface area contributed by atoms with Crippen LogP contribution in [0.2, 0.25) is 0 Å².